The Kier molecular flexibility index (Phi) is 4.19. The molecule has 1 N–H and O–H groups in total. The summed E-state index contributed by atoms with van der Waals surface area (Å²) in [5.41, 5.74) is 0.831. The van der Waals surface area contributed by atoms with Crippen molar-refractivity contribution in [1.82, 2.24) is 19.6 Å². The molecule has 2 aromatic heterocycles. The summed E-state index contributed by atoms with van der Waals surface area (Å²) >= 11 is 1.56. The van der Waals surface area contributed by atoms with E-state index >= 15 is 0 Å². The molecule has 1 aliphatic rings. The molecular formula is C14H18N4O2S. The molecule has 1 saturated heterocycles. The summed E-state index contributed by atoms with van der Waals surface area (Å²) in [7, 11) is 0. The molecule has 1 aliphatic heterocycles. The number of nitrogens with one attached hydrogen (secondary N) is 1. The molecule has 112 valence electrons. The van der Waals surface area contributed by atoms with Crippen LogP contribution in [0.25, 0.3) is 4.96 Å². The van der Waals surface area contributed by atoms with Crippen molar-refractivity contribution in [2.45, 2.75) is 32.2 Å². The van der Waals surface area contributed by atoms with Crippen LogP contribution in [0.2, 0.25) is 0 Å². The van der Waals surface area contributed by atoms with Gasteiger partial charge in [-0.2, -0.15) is 0 Å². The fourth-order valence-electron chi connectivity index (χ4n) is 2.49. The van der Waals surface area contributed by atoms with Crippen LogP contribution < -0.4 is 5.32 Å². The third-order valence-electron chi connectivity index (χ3n) is 3.62. The molecular weight excluding hydrogens is 288 g/mol. The highest BCUT2D eigenvalue weighted by atomic mass is 32.1. The quantitative estimate of drug-likeness (QED) is 0.929. The first kappa shape index (κ1) is 14.1. The second kappa shape index (κ2) is 6.26. The highest BCUT2D eigenvalue weighted by Gasteiger charge is 2.19. The lowest BCUT2D eigenvalue weighted by Crippen LogP contribution is -2.40. The molecule has 0 bridgehead atoms. The zero-order valence-electron chi connectivity index (χ0n) is 11.7. The highest BCUT2D eigenvalue weighted by Crippen LogP contribution is 2.12. The number of rotatable bonds is 4. The van der Waals surface area contributed by atoms with E-state index in [1.54, 1.807) is 16.2 Å². The van der Waals surface area contributed by atoms with Crippen LogP contribution in [-0.4, -0.2) is 39.2 Å². The van der Waals surface area contributed by atoms with E-state index in [0.717, 1.165) is 29.9 Å². The fraction of sp³-hybridized carbons (Fsp3) is 0.500. The van der Waals surface area contributed by atoms with Crippen molar-refractivity contribution in [2.24, 2.45) is 0 Å². The zero-order chi connectivity index (χ0) is 14.7. The number of hydrogen-bond acceptors (Lipinski definition) is 4. The number of carbonyl (C=O) groups excluding carboxylic acids is 2. The molecule has 2 amide bonds. The second-order valence-corrected chi connectivity index (χ2v) is 6.10. The number of thiazole rings is 1. The highest BCUT2D eigenvalue weighted by molar-refractivity contribution is 7.15. The van der Waals surface area contributed by atoms with Gasteiger partial charge in [0.05, 0.1) is 18.8 Å². The smallest absolute Gasteiger partial charge is 0.239 e. The molecule has 0 saturated carbocycles. The lowest BCUT2D eigenvalue weighted by atomic mass is 10.2. The summed E-state index contributed by atoms with van der Waals surface area (Å²) in [5, 5.41) is 4.80. The number of aromatic nitrogens is 2. The average molecular weight is 306 g/mol. The van der Waals surface area contributed by atoms with E-state index in [2.05, 4.69) is 10.3 Å². The molecule has 2 aromatic rings. The van der Waals surface area contributed by atoms with Crippen molar-refractivity contribution in [3.63, 3.8) is 0 Å². The van der Waals surface area contributed by atoms with E-state index in [1.165, 1.54) is 0 Å². The van der Waals surface area contributed by atoms with E-state index in [4.69, 9.17) is 0 Å². The van der Waals surface area contributed by atoms with Crippen LogP contribution in [0.5, 0.6) is 0 Å². The lowest BCUT2D eigenvalue weighted by Gasteiger charge is -2.19. The topological polar surface area (TPSA) is 66.7 Å². The maximum Gasteiger partial charge on any atom is 0.239 e. The summed E-state index contributed by atoms with van der Waals surface area (Å²) in [5.74, 6) is -0.0354. The number of likely N-dealkylation sites (tertiary alicyclic amines) is 1. The van der Waals surface area contributed by atoms with E-state index in [-0.39, 0.29) is 18.4 Å². The van der Waals surface area contributed by atoms with Crippen molar-refractivity contribution in [3.05, 3.63) is 23.5 Å². The van der Waals surface area contributed by atoms with Crippen molar-refractivity contribution >= 4 is 28.1 Å². The summed E-state index contributed by atoms with van der Waals surface area (Å²) in [6.45, 7) is 1.24. The monoisotopic (exact) mass is 306 g/mol. The van der Waals surface area contributed by atoms with Crippen LogP contribution in [0, 0.1) is 0 Å². The van der Waals surface area contributed by atoms with Crippen molar-refractivity contribution < 1.29 is 9.59 Å². The Morgan fingerprint density at radius 2 is 2.29 bits per heavy atom. The van der Waals surface area contributed by atoms with Gasteiger partial charge in [0.2, 0.25) is 11.8 Å². The largest absolute Gasteiger partial charge is 0.349 e. The Labute approximate surface area is 126 Å². The second-order valence-electron chi connectivity index (χ2n) is 5.23. The molecule has 3 heterocycles. The number of nitrogens with zero attached hydrogens (tertiary/aromatic N) is 3. The van der Waals surface area contributed by atoms with Crippen LogP contribution in [0.1, 0.15) is 31.4 Å². The predicted octanol–water partition coefficient (Wildman–Crippen LogP) is 1.41. The molecule has 6 nitrogen and oxygen atoms in total. The minimum atomic E-state index is -0.124. The van der Waals surface area contributed by atoms with Gasteiger partial charge < -0.3 is 10.2 Å². The van der Waals surface area contributed by atoms with E-state index in [0.29, 0.717) is 19.5 Å². The number of fused-ring (bicyclic) bond motifs is 1. The van der Waals surface area contributed by atoms with Gasteiger partial charge in [-0.05, 0) is 12.8 Å². The minimum absolute atomic E-state index is 0.0881. The maximum atomic E-state index is 12.0. The number of amides is 2. The summed E-state index contributed by atoms with van der Waals surface area (Å²) in [6, 6.07) is 0. The molecule has 0 radical (unpaired) electrons. The van der Waals surface area contributed by atoms with Gasteiger partial charge >= 0.3 is 0 Å². The Bertz CT molecular complexity index is 620. The van der Waals surface area contributed by atoms with Gasteiger partial charge in [-0.25, -0.2) is 4.98 Å². The lowest BCUT2D eigenvalue weighted by molar-refractivity contribution is -0.135. The first-order chi connectivity index (χ1) is 10.2. The summed E-state index contributed by atoms with van der Waals surface area (Å²) < 4.78 is 1.94. The number of hydrogen-bond donors (Lipinski definition) is 1. The SMILES string of the molecule is O=C(CN1CCCCCC1=O)NCc1cn2ccsc2n1. The van der Waals surface area contributed by atoms with Crippen molar-refractivity contribution in [2.75, 3.05) is 13.1 Å². The maximum absolute atomic E-state index is 12.0. The number of imidazole rings is 1. The predicted molar refractivity (Wildman–Crippen MR) is 80.0 cm³/mol. The van der Waals surface area contributed by atoms with Crippen LogP contribution in [0.15, 0.2) is 17.8 Å². The van der Waals surface area contributed by atoms with Crippen LogP contribution in [0.3, 0.4) is 0 Å². The Hall–Kier alpha value is -1.89. The third-order valence-corrected chi connectivity index (χ3v) is 4.39. The van der Waals surface area contributed by atoms with Gasteiger partial charge in [0.15, 0.2) is 4.96 Å². The molecule has 7 heteroatoms. The molecule has 0 unspecified atom stereocenters. The normalized spacial score (nSPS) is 16.2. The Morgan fingerprint density at radius 3 is 3.14 bits per heavy atom. The van der Waals surface area contributed by atoms with Gasteiger partial charge in [-0.15, -0.1) is 11.3 Å². The Morgan fingerprint density at radius 1 is 1.38 bits per heavy atom. The van der Waals surface area contributed by atoms with E-state index in [9.17, 15) is 9.59 Å². The van der Waals surface area contributed by atoms with Gasteiger partial charge in [-0.3, -0.25) is 14.0 Å². The molecule has 21 heavy (non-hydrogen) atoms. The van der Waals surface area contributed by atoms with Crippen molar-refractivity contribution in [1.29, 1.82) is 0 Å². The van der Waals surface area contributed by atoms with E-state index < -0.39 is 0 Å². The number of carbonyl (C=O) groups is 2. The van der Waals surface area contributed by atoms with Gasteiger partial charge in [0, 0.05) is 30.7 Å². The molecule has 0 spiro atoms. The molecule has 1 fully saturated rings. The molecule has 0 aromatic carbocycles. The van der Waals surface area contributed by atoms with Crippen molar-refractivity contribution in [3.8, 4) is 0 Å². The minimum Gasteiger partial charge on any atom is -0.349 e. The van der Waals surface area contributed by atoms with Gasteiger partial charge in [0.25, 0.3) is 0 Å². The third kappa shape index (κ3) is 3.41. The van der Waals surface area contributed by atoms with Crippen LogP contribution in [0.4, 0.5) is 0 Å². The summed E-state index contributed by atoms with van der Waals surface area (Å²) in [4.78, 5) is 30.8. The van der Waals surface area contributed by atoms with E-state index in [1.807, 2.05) is 22.2 Å². The molecule has 0 aliphatic carbocycles. The summed E-state index contributed by atoms with van der Waals surface area (Å²) in [6.07, 6.45) is 7.38. The standard InChI is InChI=1S/C14H18N4O2S/c19-12(10-17-5-3-1-2-4-13(17)20)15-8-11-9-18-6-7-21-14(18)16-11/h6-7,9H,1-5,8,10H2,(H,15,19). The van der Waals surface area contributed by atoms with Gasteiger partial charge in [-0.1, -0.05) is 6.42 Å². The van der Waals surface area contributed by atoms with Gasteiger partial charge in [0.1, 0.15) is 0 Å². The molecule has 0 atom stereocenters. The van der Waals surface area contributed by atoms with Crippen LogP contribution >= 0.6 is 11.3 Å². The zero-order valence-corrected chi connectivity index (χ0v) is 12.6. The first-order valence-electron chi connectivity index (χ1n) is 7.18. The average Bonchev–Trinajstić information content (AvgIpc) is 2.98. The Balaban J connectivity index is 1.51. The fourth-order valence-corrected chi connectivity index (χ4v) is 3.20. The van der Waals surface area contributed by atoms with Crippen LogP contribution in [-0.2, 0) is 16.1 Å². The first-order valence-corrected chi connectivity index (χ1v) is 8.06. The molecule has 3 rings (SSSR count).